The van der Waals surface area contributed by atoms with Crippen LogP contribution >= 0.6 is 0 Å². The number of hydrogen-bond donors (Lipinski definition) is 1. The first-order chi connectivity index (χ1) is 12.9. The minimum Gasteiger partial charge on any atom is -0.460 e. The number of carbonyl (C=O) groups excluding carboxylic acids is 1. The second-order valence-electron chi connectivity index (χ2n) is 7.82. The summed E-state index contributed by atoms with van der Waals surface area (Å²) in [5.74, 6) is 1.22. The SMILES string of the molecule is C/C(=C\C1(C(=O)OCc2cccc(Oc3ccccc3)c2)CC1(C)C)CO. The molecule has 0 spiro atoms. The highest BCUT2D eigenvalue weighted by atomic mass is 16.5. The third kappa shape index (κ3) is 4.22. The molecule has 142 valence electrons. The molecule has 1 aliphatic carbocycles. The molecule has 0 aromatic heterocycles. The van der Waals surface area contributed by atoms with Gasteiger partial charge >= 0.3 is 5.97 Å². The predicted octanol–water partition coefficient (Wildman–Crippen LogP) is 4.88. The lowest BCUT2D eigenvalue weighted by Crippen LogP contribution is -2.22. The lowest BCUT2D eigenvalue weighted by Gasteiger charge is -2.17. The molecule has 1 fully saturated rings. The number of hydrogen-bond acceptors (Lipinski definition) is 4. The van der Waals surface area contributed by atoms with E-state index in [1.807, 2.05) is 81.4 Å². The minimum absolute atomic E-state index is 0.0516. The van der Waals surface area contributed by atoms with Crippen molar-refractivity contribution in [3.8, 4) is 11.5 Å². The molecule has 1 aliphatic rings. The summed E-state index contributed by atoms with van der Waals surface area (Å²) < 4.78 is 11.4. The maximum absolute atomic E-state index is 12.8. The molecule has 2 aromatic carbocycles. The summed E-state index contributed by atoms with van der Waals surface area (Å²) in [5, 5.41) is 9.30. The first kappa shape index (κ1) is 19.2. The molecule has 1 atom stereocenters. The lowest BCUT2D eigenvalue weighted by atomic mass is 9.93. The second kappa shape index (κ2) is 7.57. The van der Waals surface area contributed by atoms with Gasteiger partial charge in [-0.3, -0.25) is 4.79 Å². The van der Waals surface area contributed by atoms with Gasteiger partial charge in [-0.05, 0) is 48.6 Å². The third-order valence-corrected chi connectivity index (χ3v) is 5.16. The number of ether oxygens (including phenoxy) is 2. The van der Waals surface area contributed by atoms with Crippen LogP contribution in [-0.4, -0.2) is 17.7 Å². The largest absolute Gasteiger partial charge is 0.460 e. The van der Waals surface area contributed by atoms with Crippen LogP contribution in [0.5, 0.6) is 11.5 Å². The van der Waals surface area contributed by atoms with E-state index in [1.54, 1.807) is 0 Å². The standard InChI is InChI=1S/C23H26O4/c1-17(14-24)13-23(16-22(23,2)3)21(25)26-15-18-8-7-11-20(12-18)27-19-9-5-4-6-10-19/h4-13,24H,14-16H2,1-3H3/b17-13+. The van der Waals surface area contributed by atoms with Gasteiger partial charge in [-0.25, -0.2) is 0 Å². The molecule has 1 unspecified atom stereocenters. The van der Waals surface area contributed by atoms with Gasteiger partial charge in [0.15, 0.2) is 0 Å². The highest BCUT2D eigenvalue weighted by Crippen LogP contribution is 2.65. The second-order valence-corrected chi connectivity index (χ2v) is 7.82. The van der Waals surface area contributed by atoms with Crippen LogP contribution in [0.2, 0.25) is 0 Å². The van der Waals surface area contributed by atoms with E-state index in [9.17, 15) is 9.90 Å². The van der Waals surface area contributed by atoms with Crippen molar-refractivity contribution in [2.24, 2.45) is 10.8 Å². The molecule has 3 rings (SSSR count). The average Bonchev–Trinajstić information content (AvgIpc) is 3.22. The Hall–Kier alpha value is -2.59. The van der Waals surface area contributed by atoms with Crippen LogP contribution in [0.3, 0.4) is 0 Å². The van der Waals surface area contributed by atoms with Crippen LogP contribution in [-0.2, 0) is 16.1 Å². The first-order valence-electron chi connectivity index (χ1n) is 9.15. The van der Waals surface area contributed by atoms with Gasteiger partial charge < -0.3 is 14.6 Å². The topological polar surface area (TPSA) is 55.8 Å². The fourth-order valence-electron chi connectivity index (χ4n) is 3.37. The molecule has 27 heavy (non-hydrogen) atoms. The summed E-state index contributed by atoms with van der Waals surface area (Å²) in [6.45, 7) is 6.06. The molecule has 0 bridgehead atoms. The van der Waals surface area contributed by atoms with Crippen molar-refractivity contribution >= 4 is 5.97 Å². The van der Waals surface area contributed by atoms with Crippen molar-refractivity contribution in [2.45, 2.75) is 33.8 Å². The van der Waals surface area contributed by atoms with E-state index < -0.39 is 5.41 Å². The smallest absolute Gasteiger partial charge is 0.316 e. The van der Waals surface area contributed by atoms with Crippen LogP contribution < -0.4 is 4.74 Å². The Morgan fingerprint density at radius 3 is 2.41 bits per heavy atom. The fourth-order valence-corrected chi connectivity index (χ4v) is 3.37. The van der Waals surface area contributed by atoms with E-state index in [1.165, 1.54) is 0 Å². The van der Waals surface area contributed by atoms with Gasteiger partial charge in [0.2, 0.25) is 0 Å². The summed E-state index contributed by atoms with van der Waals surface area (Å²) in [4.78, 5) is 12.8. The number of para-hydroxylation sites is 1. The van der Waals surface area contributed by atoms with E-state index in [0.717, 1.165) is 23.3 Å². The monoisotopic (exact) mass is 366 g/mol. The molecular formula is C23H26O4. The predicted molar refractivity (Wildman–Crippen MR) is 104 cm³/mol. The number of esters is 1. The van der Waals surface area contributed by atoms with Gasteiger partial charge in [-0.15, -0.1) is 0 Å². The Balaban J connectivity index is 1.66. The van der Waals surface area contributed by atoms with Crippen LogP contribution in [0.1, 0.15) is 32.8 Å². The number of benzene rings is 2. The number of aliphatic hydroxyl groups is 1. The van der Waals surface area contributed by atoms with E-state index in [4.69, 9.17) is 9.47 Å². The molecule has 0 aliphatic heterocycles. The molecule has 0 heterocycles. The Labute approximate surface area is 160 Å². The highest BCUT2D eigenvalue weighted by Gasteiger charge is 2.66. The summed E-state index contributed by atoms with van der Waals surface area (Å²) in [5.41, 5.74) is 0.862. The number of carbonyl (C=O) groups is 1. The minimum atomic E-state index is -0.641. The van der Waals surface area contributed by atoms with Crippen molar-refractivity contribution in [1.29, 1.82) is 0 Å². The summed E-state index contributed by atoms with van der Waals surface area (Å²) >= 11 is 0. The van der Waals surface area contributed by atoms with E-state index in [0.29, 0.717) is 5.75 Å². The van der Waals surface area contributed by atoms with Gasteiger partial charge in [-0.1, -0.05) is 55.8 Å². The molecular weight excluding hydrogens is 340 g/mol. The fraction of sp³-hybridized carbons (Fsp3) is 0.348. The van der Waals surface area contributed by atoms with Gasteiger partial charge in [0.05, 0.1) is 12.0 Å². The Kier molecular flexibility index (Phi) is 5.38. The summed E-state index contributed by atoms with van der Waals surface area (Å²) in [6, 6.07) is 17.1. The maximum atomic E-state index is 12.8. The lowest BCUT2D eigenvalue weighted by molar-refractivity contribution is -0.150. The summed E-state index contributed by atoms with van der Waals surface area (Å²) in [7, 11) is 0. The van der Waals surface area contributed by atoms with Crippen molar-refractivity contribution in [1.82, 2.24) is 0 Å². The van der Waals surface area contributed by atoms with Crippen LogP contribution in [0.15, 0.2) is 66.2 Å². The average molecular weight is 366 g/mol. The van der Waals surface area contributed by atoms with Gasteiger partial charge in [0.25, 0.3) is 0 Å². The third-order valence-electron chi connectivity index (χ3n) is 5.16. The summed E-state index contributed by atoms with van der Waals surface area (Å²) in [6.07, 6.45) is 2.59. The molecule has 4 nitrogen and oxygen atoms in total. The maximum Gasteiger partial charge on any atom is 0.316 e. The van der Waals surface area contributed by atoms with Gasteiger partial charge in [0.1, 0.15) is 18.1 Å². The quantitative estimate of drug-likeness (QED) is 0.561. The van der Waals surface area contributed by atoms with Gasteiger partial charge in [-0.2, -0.15) is 0 Å². The molecule has 2 aromatic rings. The zero-order valence-corrected chi connectivity index (χ0v) is 16.1. The normalized spacial score (nSPS) is 20.8. The van der Waals surface area contributed by atoms with Gasteiger partial charge in [0, 0.05) is 0 Å². The first-order valence-corrected chi connectivity index (χ1v) is 9.15. The molecule has 1 saturated carbocycles. The van der Waals surface area contributed by atoms with Crippen molar-refractivity contribution < 1.29 is 19.4 Å². The Morgan fingerprint density at radius 1 is 1.11 bits per heavy atom. The van der Waals surface area contributed by atoms with E-state index >= 15 is 0 Å². The molecule has 0 radical (unpaired) electrons. The highest BCUT2D eigenvalue weighted by molar-refractivity contribution is 5.84. The zero-order chi connectivity index (χ0) is 19.5. The van der Waals surface area contributed by atoms with Crippen molar-refractivity contribution in [3.63, 3.8) is 0 Å². The molecule has 1 N–H and O–H groups in total. The number of aliphatic hydroxyl groups excluding tert-OH is 1. The van der Waals surface area contributed by atoms with Crippen molar-refractivity contribution in [2.75, 3.05) is 6.61 Å². The van der Waals surface area contributed by atoms with Crippen LogP contribution in [0.25, 0.3) is 0 Å². The van der Waals surface area contributed by atoms with Crippen LogP contribution in [0.4, 0.5) is 0 Å². The van der Waals surface area contributed by atoms with E-state index in [2.05, 4.69) is 0 Å². The molecule has 0 amide bonds. The van der Waals surface area contributed by atoms with Crippen LogP contribution in [0, 0.1) is 10.8 Å². The van der Waals surface area contributed by atoms with Crippen molar-refractivity contribution in [3.05, 3.63) is 71.8 Å². The van der Waals surface area contributed by atoms with E-state index in [-0.39, 0.29) is 24.6 Å². The molecule has 4 heteroatoms. The zero-order valence-electron chi connectivity index (χ0n) is 16.1. The number of rotatable bonds is 7. The Bertz CT molecular complexity index is 838. The molecule has 0 saturated heterocycles. The Morgan fingerprint density at radius 2 is 1.78 bits per heavy atom.